The van der Waals surface area contributed by atoms with Gasteiger partial charge >= 0.3 is 0 Å². The molecule has 1 fully saturated rings. The van der Waals surface area contributed by atoms with Crippen molar-refractivity contribution in [1.29, 1.82) is 0 Å². The van der Waals surface area contributed by atoms with E-state index in [1.54, 1.807) is 17.4 Å². The summed E-state index contributed by atoms with van der Waals surface area (Å²) in [6.07, 6.45) is 4.44. The van der Waals surface area contributed by atoms with E-state index in [0.29, 0.717) is 22.9 Å². The van der Waals surface area contributed by atoms with Crippen LogP contribution >= 0.6 is 11.3 Å². The molecule has 158 valence electrons. The molecule has 0 spiro atoms. The summed E-state index contributed by atoms with van der Waals surface area (Å²) in [7, 11) is 0. The van der Waals surface area contributed by atoms with Gasteiger partial charge in [-0.3, -0.25) is 9.59 Å². The molecule has 0 bridgehead atoms. The number of rotatable bonds is 5. The monoisotopic (exact) mass is 426 g/mol. The molecule has 3 heterocycles. The van der Waals surface area contributed by atoms with Gasteiger partial charge < -0.3 is 9.84 Å². The predicted octanol–water partition coefficient (Wildman–Crippen LogP) is 3.94. The highest BCUT2D eigenvalue weighted by atomic mass is 32.1. The first-order chi connectivity index (χ1) is 14.4. The Morgan fingerprint density at radius 3 is 2.73 bits per heavy atom. The van der Waals surface area contributed by atoms with Crippen molar-refractivity contribution in [3.8, 4) is 21.9 Å². The predicted molar refractivity (Wildman–Crippen MR) is 116 cm³/mol. The van der Waals surface area contributed by atoms with E-state index in [0.717, 1.165) is 34.7 Å². The number of carbonyl (C=O) groups is 1. The Kier molecular flexibility index (Phi) is 5.85. The van der Waals surface area contributed by atoms with Gasteiger partial charge in [-0.2, -0.15) is 5.10 Å². The van der Waals surface area contributed by atoms with Crippen molar-refractivity contribution < 1.29 is 9.32 Å². The second kappa shape index (κ2) is 8.55. The minimum atomic E-state index is -0.345. The molecule has 1 N–H and O–H groups in total. The summed E-state index contributed by atoms with van der Waals surface area (Å²) in [5, 5.41) is 11.6. The van der Waals surface area contributed by atoms with E-state index < -0.39 is 0 Å². The van der Waals surface area contributed by atoms with Crippen LogP contribution in [0.4, 0.5) is 0 Å². The van der Waals surface area contributed by atoms with Crippen LogP contribution in [0.25, 0.3) is 21.9 Å². The molecule has 1 aliphatic rings. The summed E-state index contributed by atoms with van der Waals surface area (Å²) in [6, 6.07) is 7.39. The van der Waals surface area contributed by atoms with Gasteiger partial charge in [-0.1, -0.05) is 24.9 Å². The van der Waals surface area contributed by atoms with Gasteiger partial charge in [0, 0.05) is 23.1 Å². The lowest BCUT2D eigenvalue weighted by Gasteiger charge is -2.29. The normalized spacial score (nSPS) is 19.0. The zero-order valence-electron chi connectivity index (χ0n) is 17.5. The van der Waals surface area contributed by atoms with Crippen molar-refractivity contribution in [1.82, 2.24) is 20.3 Å². The van der Waals surface area contributed by atoms with Gasteiger partial charge in [-0.15, -0.1) is 11.3 Å². The average molecular weight is 427 g/mol. The van der Waals surface area contributed by atoms with Crippen LogP contribution in [0.5, 0.6) is 0 Å². The molecule has 4 rings (SSSR count). The van der Waals surface area contributed by atoms with Gasteiger partial charge in [0.15, 0.2) is 5.76 Å². The van der Waals surface area contributed by atoms with Crippen molar-refractivity contribution in [3.63, 3.8) is 0 Å². The zero-order chi connectivity index (χ0) is 21.3. The fourth-order valence-corrected chi connectivity index (χ4v) is 4.81. The minimum absolute atomic E-state index is 0.102. The van der Waals surface area contributed by atoms with Crippen LogP contribution in [0.15, 0.2) is 33.6 Å². The Bertz CT molecular complexity index is 1110. The molecular formula is C22H26N4O3S. The number of carbonyl (C=O) groups excluding carboxylic acids is 1. The highest BCUT2D eigenvalue weighted by Gasteiger charge is 2.24. The third kappa shape index (κ3) is 4.38. The molecule has 7 nitrogen and oxygen atoms in total. The van der Waals surface area contributed by atoms with Gasteiger partial charge in [0.2, 0.25) is 5.91 Å². The summed E-state index contributed by atoms with van der Waals surface area (Å²) < 4.78 is 6.63. The van der Waals surface area contributed by atoms with Gasteiger partial charge in [-0.25, -0.2) is 4.68 Å². The number of hydrogen-bond donors (Lipinski definition) is 1. The van der Waals surface area contributed by atoms with E-state index in [-0.39, 0.29) is 24.1 Å². The number of aryl methyl sites for hydroxylation is 2. The molecule has 3 aromatic heterocycles. The molecule has 0 aliphatic heterocycles. The van der Waals surface area contributed by atoms with E-state index >= 15 is 0 Å². The number of amides is 1. The molecule has 1 saturated carbocycles. The van der Waals surface area contributed by atoms with E-state index in [2.05, 4.69) is 22.5 Å². The average Bonchev–Trinajstić information content (AvgIpc) is 3.33. The summed E-state index contributed by atoms with van der Waals surface area (Å²) in [6.45, 7) is 5.91. The van der Waals surface area contributed by atoms with Gasteiger partial charge in [-0.05, 0) is 44.7 Å². The van der Waals surface area contributed by atoms with Crippen molar-refractivity contribution in [2.75, 3.05) is 0 Å². The Labute approximate surface area is 179 Å². The minimum Gasteiger partial charge on any atom is -0.356 e. The lowest BCUT2D eigenvalue weighted by atomic mass is 9.86. The first-order valence-corrected chi connectivity index (χ1v) is 11.1. The van der Waals surface area contributed by atoms with Gasteiger partial charge in [0.1, 0.15) is 12.2 Å². The topological polar surface area (TPSA) is 90.0 Å². The first-order valence-electron chi connectivity index (χ1n) is 10.3. The lowest BCUT2D eigenvalue weighted by Crippen LogP contribution is -2.43. The summed E-state index contributed by atoms with van der Waals surface area (Å²) in [5.74, 6) is 0.764. The third-order valence-corrected chi connectivity index (χ3v) is 6.62. The number of hydrogen-bond acceptors (Lipinski definition) is 6. The highest BCUT2D eigenvalue weighted by Crippen LogP contribution is 2.33. The SMILES string of the molecule is Cc1cc(-c2cc(=O)n(CC(=O)N[C@@H]3CCCC[C@H]3C)nc2-c2ccc(C)s2)on1. The molecule has 1 amide bonds. The van der Waals surface area contributed by atoms with Crippen LogP contribution in [0.2, 0.25) is 0 Å². The fourth-order valence-electron chi connectivity index (χ4n) is 3.94. The molecular weight excluding hydrogens is 400 g/mol. The Hall–Kier alpha value is -2.74. The highest BCUT2D eigenvalue weighted by molar-refractivity contribution is 7.15. The first kappa shape index (κ1) is 20.5. The Morgan fingerprint density at radius 1 is 1.27 bits per heavy atom. The van der Waals surface area contributed by atoms with Gasteiger partial charge in [0.25, 0.3) is 5.56 Å². The molecule has 8 heteroatoms. The summed E-state index contributed by atoms with van der Waals surface area (Å²) in [5.41, 5.74) is 1.58. The van der Waals surface area contributed by atoms with Crippen molar-refractivity contribution in [2.24, 2.45) is 5.92 Å². The summed E-state index contributed by atoms with van der Waals surface area (Å²) in [4.78, 5) is 27.5. The molecule has 30 heavy (non-hydrogen) atoms. The number of aromatic nitrogens is 3. The standard InChI is InChI=1S/C22H26N4O3S/c1-13-6-4-5-7-17(13)23-20(27)12-26-21(28)11-16(18-10-14(2)25-29-18)22(24-26)19-9-8-15(3)30-19/h8-11,13,17H,4-7,12H2,1-3H3,(H,23,27)/t13-,17-/m1/s1. The fraction of sp³-hybridized carbons (Fsp3) is 0.455. The number of nitrogens with one attached hydrogen (secondary N) is 1. The van der Waals surface area contributed by atoms with Crippen LogP contribution < -0.4 is 10.9 Å². The van der Waals surface area contributed by atoms with Crippen molar-refractivity contribution in [2.45, 2.75) is 59.0 Å². The molecule has 2 atom stereocenters. The quantitative estimate of drug-likeness (QED) is 0.667. The van der Waals surface area contributed by atoms with Crippen LogP contribution in [0.1, 0.15) is 43.2 Å². The molecule has 1 aliphatic carbocycles. The zero-order valence-corrected chi connectivity index (χ0v) is 18.3. The number of nitrogens with zero attached hydrogens (tertiary/aromatic N) is 3. The maximum absolute atomic E-state index is 12.8. The van der Waals surface area contributed by atoms with Crippen molar-refractivity contribution in [3.05, 3.63) is 45.2 Å². The van der Waals surface area contributed by atoms with Crippen LogP contribution in [-0.2, 0) is 11.3 Å². The molecule has 0 aromatic carbocycles. The molecule has 0 radical (unpaired) electrons. The lowest BCUT2D eigenvalue weighted by molar-refractivity contribution is -0.123. The van der Waals surface area contributed by atoms with E-state index in [9.17, 15) is 9.59 Å². The molecule has 3 aromatic rings. The molecule has 0 unspecified atom stereocenters. The van der Waals surface area contributed by atoms with E-state index in [1.165, 1.54) is 17.2 Å². The van der Waals surface area contributed by atoms with Crippen LogP contribution in [-0.4, -0.2) is 26.9 Å². The second-order valence-corrected chi connectivity index (χ2v) is 9.37. The molecule has 0 saturated heterocycles. The van der Waals surface area contributed by atoms with E-state index in [4.69, 9.17) is 4.52 Å². The van der Waals surface area contributed by atoms with Crippen LogP contribution in [0, 0.1) is 19.8 Å². The van der Waals surface area contributed by atoms with Crippen LogP contribution in [0.3, 0.4) is 0 Å². The summed E-state index contributed by atoms with van der Waals surface area (Å²) >= 11 is 1.58. The number of thiophene rings is 1. The third-order valence-electron chi connectivity index (χ3n) is 5.62. The van der Waals surface area contributed by atoms with E-state index in [1.807, 2.05) is 26.0 Å². The van der Waals surface area contributed by atoms with Gasteiger partial charge in [0.05, 0.1) is 16.1 Å². The maximum atomic E-state index is 12.8. The smallest absolute Gasteiger partial charge is 0.268 e. The Balaban J connectivity index is 1.65. The maximum Gasteiger partial charge on any atom is 0.268 e. The largest absolute Gasteiger partial charge is 0.356 e. The second-order valence-electron chi connectivity index (χ2n) is 8.08. The Morgan fingerprint density at radius 2 is 2.07 bits per heavy atom. The van der Waals surface area contributed by atoms with Crippen molar-refractivity contribution >= 4 is 17.2 Å².